The van der Waals surface area contributed by atoms with Gasteiger partial charge in [-0.05, 0) is 171 Å². The molecule has 0 amide bonds. The Kier molecular flexibility index (Phi) is 15.4. The molecule has 0 atom stereocenters. The Morgan fingerprint density at radius 1 is 0.210 bits per heavy atom. The Labute approximate surface area is 701 Å². The first-order valence-electron chi connectivity index (χ1n) is 40.8. The molecule has 6 nitrogen and oxygen atoms in total. The summed E-state index contributed by atoms with van der Waals surface area (Å²) in [6.45, 7) is -0.544. The average molecular weight is 1570 g/mol. The molecule has 0 saturated carbocycles. The Morgan fingerprint density at radius 3 is 1.01 bits per heavy atom. The first-order chi connectivity index (χ1) is 59.1. The van der Waals surface area contributed by atoms with Gasteiger partial charge in [0.25, 0.3) is 13.4 Å². The zero-order valence-corrected chi connectivity index (χ0v) is 66.8. The maximum atomic E-state index is 2.68. The van der Waals surface area contributed by atoms with Gasteiger partial charge in [0, 0.05) is 126 Å². The highest BCUT2D eigenvalue weighted by Crippen LogP contribution is 2.57. The van der Waals surface area contributed by atoms with Crippen molar-refractivity contribution in [3.63, 3.8) is 0 Å². The molecule has 7 heterocycles. The van der Waals surface area contributed by atoms with Crippen molar-refractivity contribution in [1.82, 2.24) is 0 Å². The Morgan fingerprint density at radius 2 is 0.546 bits per heavy atom. The summed E-state index contributed by atoms with van der Waals surface area (Å²) >= 11 is 5.63. The third-order valence-electron chi connectivity index (χ3n) is 24.9. The quantitative estimate of drug-likeness (QED) is 0.113. The van der Waals surface area contributed by atoms with Crippen LogP contribution in [0.4, 0.5) is 102 Å². The van der Waals surface area contributed by atoms with Crippen molar-refractivity contribution in [2.45, 2.75) is 0 Å². The van der Waals surface area contributed by atoms with Gasteiger partial charge in [0.2, 0.25) is 0 Å². The minimum Gasteiger partial charge on any atom is -0.311 e. The molecule has 0 unspecified atom stereocenters. The molecule has 3 aromatic heterocycles. The summed E-state index contributed by atoms with van der Waals surface area (Å²) in [4.78, 5) is 15.7. The van der Waals surface area contributed by atoms with E-state index in [9.17, 15) is 0 Å². The highest BCUT2D eigenvalue weighted by molar-refractivity contribution is 7.27. The van der Waals surface area contributed by atoms with Gasteiger partial charge in [0.1, 0.15) is 0 Å². The second kappa shape index (κ2) is 27.1. The molecule has 0 radical (unpaired) electrons. The van der Waals surface area contributed by atoms with Crippen molar-refractivity contribution in [3.05, 3.63) is 413 Å². The van der Waals surface area contributed by atoms with E-state index in [0.29, 0.717) is 0 Å². The van der Waals surface area contributed by atoms with E-state index in [1.54, 1.807) is 0 Å². The monoisotopic (exact) mass is 1570 g/mol. The normalized spacial score (nSPS) is 12.9. The fraction of sp³-hybridized carbons (Fsp3) is 0. The Balaban J connectivity index is 0.810. The molecule has 4 aliphatic heterocycles. The summed E-state index contributed by atoms with van der Waals surface area (Å²) in [7, 11) is 0. The minimum absolute atomic E-state index is 0.259. The smallest absolute Gasteiger partial charge is 0.252 e. The topological polar surface area (TPSA) is 19.4 Å². The third kappa shape index (κ3) is 10.4. The predicted octanol–water partition coefficient (Wildman–Crippen LogP) is 27.2. The maximum Gasteiger partial charge on any atom is 0.252 e. The molecule has 0 spiro atoms. The number of para-hydroxylation sites is 7. The lowest BCUT2D eigenvalue weighted by Gasteiger charge is -2.48. The summed E-state index contributed by atoms with van der Waals surface area (Å²) in [5, 5.41) is 7.51. The molecule has 0 saturated heterocycles. The molecule has 18 aromatic carbocycles. The maximum absolute atomic E-state index is 2.68. The summed E-state index contributed by atoms with van der Waals surface area (Å²) in [6, 6.07) is 155. The molecule has 11 heteroatoms. The van der Waals surface area contributed by atoms with Gasteiger partial charge >= 0.3 is 0 Å². The van der Waals surface area contributed by atoms with Crippen LogP contribution in [0.2, 0.25) is 0 Å². The molecule has 25 rings (SSSR count). The third-order valence-corrected chi connectivity index (χ3v) is 28.5. The summed E-state index contributed by atoms with van der Waals surface area (Å²) in [5.41, 5.74) is 31.7. The van der Waals surface area contributed by atoms with Crippen LogP contribution in [0.1, 0.15) is 0 Å². The van der Waals surface area contributed by atoms with E-state index in [0.717, 1.165) is 125 Å². The van der Waals surface area contributed by atoms with Crippen LogP contribution in [0.3, 0.4) is 0 Å². The zero-order valence-electron chi connectivity index (χ0n) is 64.3. The summed E-state index contributed by atoms with van der Waals surface area (Å²) in [6.07, 6.45) is 0. The zero-order chi connectivity index (χ0) is 77.9. The highest BCUT2D eigenvalue weighted by atomic mass is 32.1. The van der Waals surface area contributed by atoms with Crippen molar-refractivity contribution < 1.29 is 0 Å². The van der Waals surface area contributed by atoms with Gasteiger partial charge in [-0.25, -0.2) is 0 Å². The summed E-state index contributed by atoms with van der Waals surface area (Å²) < 4.78 is 7.49. The Hall–Kier alpha value is -14.5. The van der Waals surface area contributed by atoms with Gasteiger partial charge in [-0.1, -0.05) is 285 Å². The number of fused-ring (bicyclic) bond motifs is 17. The number of anilines is 18. The number of nitrogens with zero attached hydrogens (tertiary/aromatic N) is 6. The van der Waals surface area contributed by atoms with E-state index in [4.69, 9.17) is 0 Å². The van der Waals surface area contributed by atoms with Crippen LogP contribution in [0.15, 0.2) is 413 Å². The molecule has 0 aliphatic carbocycles. The number of rotatable bonds is 12. The van der Waals surface area contributed by atoms with Crippen molar-refractivity contribution in [1.29, 1.82) is 0 Å². The van der Waals surface area contributed by atoms with E-state index in [1.165, 1.54) is 93.3 Å². The fourth-order valence-electron chi connectivity index (χ4n) is 20.0. The van der Waals surface area contributed by atoms with E-state index in [1.807, 2.05) is 34.0 Å². The molecule has 119 heavy (non-hydrogen) atoms. The number of hydrogen-bond acceptors (Lipinski definition) is 9. The molecular formula is C108H68B2N6S3. The van der Waals surface area contributed by atoms with Crippen LogP contribution < -0.4 is 62.2 Å². The van der Waals surface area contributed by atoms with Gasteiger partial charge in [0.05, 0.1) is 48.2 Å². The molecule has 4 aliphatic rings. The Bertz CT molecular complexity index is 7630. The molecule has 21 aromatic rings. The SMILES string of the molecule is c1ccc(-c2cccc(-c3ccccc3)c2N2c3ccccc3B3c4cc5c(cc4N(c4ccccc4)c4cc(N(c6ccccc6)c6cccc7c6sc6ccccc67)cc2c43)N(c2ccccc2)c2cc(N(c3ccccc3)c3cccc4c3sc3ccccc34)cc3c2B5c2ccccc2N3c2cccc3c2sc2ccccc23)cc1. The van der Waals surface area contributed by atoms with Crippen LogP contribution in [-0.2, 0) is 0 Å². The number of thiophene rings is 3. The van der Waals surface area contributed by atoms with Crippen molar-refractivity contribution in [2.24, 2.45) is 0 Å². The van der Waals surface area contributed by atoms with Crippen LogP contribution in [-0.4, -0.2) is 13.4 Å². The van der Waals surface area contributed by atoms with E-state index >= 15 is 0 Å². The van der Waals surface area contributed by atoms with E-state index in [-0.39, 0.29) is 13.4 Å². The van der Waals surface area contributed by atoms with Crippen molar-refractivity contribution in [2.75, 3.05) is 29.4 Å². The largest absolute Gasteiger partial charge is 0.311 e. The molecule has 554 valence electrons. The minimum atomic E-state index is -0.285. The molecule has 0 bridgehead atoms. The lowest BCUT2D eigenvalue weighted by Crippen LogP contribution is -2.65. The molecule has 0 N–H and O–H groups in total. The predicted molar refractivity (Wildman–Crippen MR) is 513 cm³/mol. The second-order valence-corrected chi connectivity index (χ2v) is 34.5. The fourth-order valence-corrected chi connectivity index (χ4v) is 23.7. The average Bonchev–Trinajstić information content (AvgIpc) is 0.725. The first-order valence-corrected chi connectivity index (χ1v) is 43.2. The lowest BCUT2D eigenvalue weighted by atomic mass is 9.30. The van der Waals surface area contributed by atoms with E-state index in [2.05, 4.69) is 442 Å². The van der Waals surface area contributed by atoms with E-state index < -0.39 is 0 Å². The first kappa shape index (κ1) is 67.8. The number of benzene rings is 18. The summed E-state index contributed by atoms with van der Waals surface area (Å²) in [5.74, 6) is 0. The van der Waals surface area contributed by atoms with Crippen molar-refractivity contribution in [3.8, 4) is 22.3 Å². The van der Waals surface area contributed by atoms with Crippen LogP contribution >= 0.6 is 34.0 Å². The van der Waals surface area contributed by atoms with Crippen LogP contribution in [0.25, 0.3) is 82.8 Å². The van der Waals surface area contributed by atoms with Crippen molar-refractivity contribution >= 4 is 243 Å². The van der Waals surface area contributed by atoms with Gasteiger partial charge in [-0.3, -0.25) is 0 Å². The van der Waals surface area contributed by atoms with Gasteiger partial charge < -0.3 is 29.4 Å². The van der Waals surface area contributed by atoms with Gasteiger partial charge in [0.15, 0.2) is 0 Å². The lowest BCUT2D eigenvalue weighted by molar-refractivity contribution is 1.22. The van der Waals surface area contributed by atoms with Gasteiger partial charge in [-0.2, -0.15) is 0 Å². The van der Waals surface area contributed by atoms with Crippen LogP contribution in [0.5, 0.6) is 0 Å². The standard InChI is InChI=1S/C108H68B2N6S3/c1-7-33-69(34-8-1)77-48-29-49-78(70-35-9-2-10-36-70)105(77)116-90-56-25-23-54-86(90)110-88-67-87-94(68-95(88)114(74-43-17-6-18-44-74)97-64-76(66-99(116)104(97)110)112(72-39-13-4-14-40-72)92-58-31-51-83-80-46-20-27-61-101(80)118-107(83)92)113(73-41-15-5-16-42-73)96-63-75(111(71-37-11-3-12-38-71)91-57-30-50-82-79-45-19-26-60-100(79)117-106(82)91)65-98-103(96)109(87)85-53-22-24-55-89(85)115(98)93-59-32-52-84-81-47-21-28-62-102(81)119-108(84)93/h1-68H. The van der Waals surface area contributed by atoms with Gasteiger partial charge in [-0.15, -0.1) is 34.0 Å². The highest BCUT2D eigenvalue weighted by Gasteiger charge is 2.50. The number of hydrogen-bond donors (Lipinski definition) is 0. The molecule has 0 fully saturated rings. The molecular weight excluding hydrogens is 1500 g/mol. The second-order valence-electron chi connectivity index (χ2n) is 31.3. The van der Waals surface area contributed by atoms with Crippen LogP contribution in [0, 0.1) is 0 Å².